The highest BCUT2D eigenvalue weighted by Gasteiger charge is 2.28. The fourth-order valence-electron chi connectivity index (χ4n) is 0.799. The monoisotopic (exact) mass is 313 g/mol. The lowest BCUT2D eigenvalue weighted by Crippen LogP contribution is -2.28. The third kappa shape index (κ3) is 6.12. The van der Waals surface area contributed by atoms with E-state index in [0.29, 0.717) is 10.4 Å². The molecule has 1 rings (SSSR count). The molecule has 0 fully saturated rings. The second-order valence-corrected chi connectivity index (χ2v) is 3.63. The Morgan fingerprint density at radius 2 is 2.24 bits per heavy atom. The van der Waals surface area contributed by atoms with Gasteiger partial charge in [0.05, 0.1) is 0 Å². The first-order valence-corrected chi connectivity index (χ1v) is 5.08. The zero-order chi connectivity index (χ0) is 12.9. The maximum absolute atomic E-state index is 11.6. The van der Waals surface area contributed by atoms with Gasteiger partial charge in [-0.2, -0.15) is 13.2 Å². The summed E-state index contributed by atoms with van der Waals surface area (Å²) in [5.41, 5.74) is 1.62. The molecular weight excluding hydrogens is 307 g/mol. The van der Waals surface area contributed by atoms with Crippen molar-refractivity contribution < 1.29 is 27.2 Å². The highest BCUT2D eigenvalue weighted by molar-refractivity contribution is 9.10. The van der Waals surface area contributed by atoms with Crippen LogP contribution in [-0.2, 0) is 9.63 Å². The summed E-state index contributed by atoms with van der Waals surface area (Å²) in [6, 6.07) is 3.18. The van der Waals surface area contributed by atoms with Crippen LogP contribution in [0.4, 0.5) is 13.2 Å². The maximum Gasteiger partial charge on any atom is 0.414 e. The summed E-state index contributed by atoms with van der Waals surface area (Å²) < 4.78 is 40.4. The van der Waals surface area contributed by atoms with Crippen LogP contribution in [0.1, 0.15) is 5.76 Å². The molecule has 0 aliphatic carbocycles. The van der Waals surface area contributed by atoms with E-state index < -0.39 is 18.7 Å². The van der Waals surface area contributed by atoms with E-state index in [9.17, 15) is 18.0 Å². The van der Waals surface area contributed by atoms with Gasteiger partial charge in [-0.3, -0.25) is 9.63 Å². The first-order valence-electron chi connectivity index (χ1n) is 4.29. The molecule has 4 nitrogen and oxygen atoms in total. The van der Waals surface area contributed by atoms with Crippen LogP contribution in [0.15, 0.2) is 27.3 Å². The van der Waals surface area contributed by atoms with E-state index in [1.54, 1.807) is 17.6 Å². The summed E-state index contributed by atoms with van der Waals surface area (Å²) in [5, 5.41) is 0. The van der Waals surface area contributed by atoms with Crippen molar-refractivity contribution in [2.75, 3.05) is 6.61 Å². The molecule has 0 saturated carbocycles. The van der Waals surface area contributed by atoms with Crippen LogP contribution in [0.25, 0.3) is 6.08 Å². The molecule has 8 heteroatoms. The second-order valence-electron chi connectivity index (χ2n) is 2.85. The van der Waals surface area contributed by atoms with E-state index >= 15 is 0 Å². The highest BCUT2D eigenvalue weighted by atomic mass is 79.9. The van der Waals surface area contributed by atoms with E-state index in [1.165, 1.54) is 6.08 Å². The summed E-state index contributed by atoms with van der Waals surface area (Å²) in [6.07, 6.45) is -2.21. The van der Waals surface area contributed by atoms with Crippen molar-refractivity contribution in [3.05, 3.63) is 28.6 Å². The molecular formula is C9H7BrF3NO3. The zero-order valence-electron chi connectivity index (χ0n) is 8.25. The van der Waals surface area contributed by atoms with Gasteiger partial charge < -0.3 is 4.42 Å². The van der Waals surface area contributed by atoms with Crippen LogP contribution in [0.5, 0.6) is 0 Å². The molecule has 0 aliphatic rings. The van der Waals surface area contributed by atoms with Gasteiger partial charge in [0.25, 0.3) is 5.91 Å². The van der Waals surface area contributed by atoms with Crippen LogP contribution in [0.3, 0.4) is 0 Å². The average Bonchev–Trinajstić information content (AvgIpc) is 2.59. The number of alkyl halides is 3. The average molecular weight is 314 g/mol. The second kappa shape index (κ2) is 5.87. The first kappa shape index (κ1) is 13.8. The summed E-state index contributed by atoms with van der Waals surface area (Å²) in [4.78, 5) is 14.9. The Balaban J connectivity index is 2.32. The Morgan fingerprint density at radius 3 is 2.76 bits per heavy atom. The highest BCUT2D eigenvalue weighted by Crippen LogP contribution is 2.15. The number of rotatable bonds is 4. The Morgan fingerprint density at radius 1 is 1.53 bits per heavy atom. The molecule has 1 aromatic heterocycles. The fourth-order valence-corrected chi connectivity index (χ4v) is 1.12. The molecule has 1 amide bonds. The smallest absolute Gasteiger partial charge is 0.414 e. The van der Waals surface area contributed by atoms with Gasteiger partial charge in [-0.15, -0.1) is 0 Å². The molecule has 1 aromatic rings. The Kier molecular flexibility index (Phi) is 4.76. The number of halogens is 4. The third-order valence-electron chi connectivity index (χ3n) is 1.40. The van der Waals surface area contributed by atoms with Crippen LogP contribution >= 0.6 is 15.9 Å². The lowest BCUT2D eigenvalue weighted by Gasteiger charge is -2.06. The minimum absolute atomic E-state index is 0.378. The lowest BCUT2D eigenvalue weighted by molar-refractivity contribution is -0.190. The van der Waals surface area contributed by atoms with Gasteiger partial charge in [-0.05, 0) is 34.1 Å². The van der Waals surface area contributed by atoms with Crippen molar-refractivity contribution >= 4 is 27.9 Å². The standard InChI is InChI=1S/C9H7BrF3NO3/c10-7-3-1-6(17-7)2-4-8(15)14-16-5-9(11,12)13/h1-4H,5H2,(H,14,15)/b4-2+. The van der Waals surface area contributed by atoms with Gasteiger partial charge in [0.1, 0.15) is 5.76 Å². The van der Waals surface area contributed by atoms with Crippen LogP contribution in [0.2, 0.25) is 0 Å². The van der Waals surface area contributed by atoms with E-state index in [0.717, 1.165) is 6.08 Å². The summed E-state index contributed by atoms with van der Waals surface area (Å²) >= 11 is 3.05. The normalized spacial score (nSPS) is 12.0. The molecule has 0 spiro atoms. The van der Waals surface area contributed by atoms with E-state index in [-0.39, 0.29) is 0 Å². The molecule has 0 aliphatic heterocycles. The molecule has 1 heterocycles. The number of hydroxylamine groups is 1. The van der Waals surface area contributed by atoms with Crippen molar-refractivity contribution in [3.8, 4) is 0 Å². The van der Waals surface area contributed by atoms with Crippen molar-refractivity contribution in [2.45, 2.75) is 6.18 Å². The molecule has 0 saturated heterocycles. The van der Waals surface area contributed by atoms with Gasteiger partial charge in [0.15, 0.2) is 11.3 Å². The summed E-state index contributed by atoms with van der Waals surface area (Å²) in [5.74, 6) is -0.440. The SMILES string of the molecule is O=C(/C=C/c1ccc(Br)o1)NOCC(F)(F)F. The van der Waals surface area contributed by atoms with Gasteiger partial charge in [0, 0.05) is 6.08 Å². The van der Waals surface area contributed by atoms with Crippen molar-refractivity contribution in [2.24, 2.45) is 0 Å². The quantitative estimate of drug-likeness (QED) is 0.687. The minimum atomic E-state index is -4.48. The molecule has 94 valence electrons. The minimum Gasteiger partial charge on any atom is -0.450 e. The number of carbonyl (C=O) groups is 1. The molecule has 0 radical (unpaired) electrons. The molecule has 17 heavy (non-hydrogen) atoms. The Bertz CT molecular complexity index is 414. The lowest BCUT2D eigenvalue weighted by atomic mass is 10.4. The van der Waals surface area contributed by atoms with Crippen LogP contribution < -0.4 is 5.48 Å². The van der Waals surface area contributed by atoms with Gasteiger partial charge in [-0.1, -0.05) is 0 Å². The predicted molar refractivity (Wildman–Crippen MR) is 55.6 cm³/mol. The molecule has 0 bridgehead atoms. The number of hydrogen-bond donors (Lipinski definition) is 1. The van der Waals surface area contributed by atoms with Crippen LogP contribution in [0, 0.1) is 0 Å². The Labute approximate surface area is 103 Å². The van der Waals surface area contributed by atoms with Gasteiger partial charge in [0.2, 0.25) is 0 Å². The van der Waals surface area contributed by atoms with E-state index in [2.05, 4.69) is 20.8 Å². The number of carbonyl (C=O) groups excluding carboxylic acids is 1. The zero-order valence-corrected chi connectivity index (χ0v) is 9.84. The topological polar surface area (TPSA) is 51.5 Å². The summed E-state index contributed by atoms with van der Waals surface area (Å²) in [7, 11) is 0. The van der Waals surface area contributed by atoms with Gasteiger partial charge in [-0.25, -0.2) is 5.48 Å². The van der Waals surface area contributed by atoms with Crippen molar-refractivity contribution in [3.63, 3.8) is 0 Å². The van der Waals surface area contributed by atoms with Crippen molar-refractivity contribution in [1.29, 1.82) is 0 Å². The largest absolute Gasteiger partial charge is 0.450 e. The Hall–Kier alpha value is -1.28. The third-order valence-corrected chi connectivity index (χ3v) is 1.83. The van der Waals surface area contributed by atoms with E-state index in [4.69, 9.17) is 4.42 Å². The molecule has 1 N–H and O–H groups in total. The molecule has 0 aromatic carbocycles. The molecule has 0 unspecified atom stereocenters. The van der Waals surface area contributed by atoms with Crippen molar-refractivity contribution in [1.82, 2.24) is 5.48 Å². The number of amides is 1. The maximum atomic E-state index is 11.6. The number of nitrogens with one attached hydrogen (secondary N) is 1. The fraction of sp³-hybridized carbons (Fsp3) is 0.222. The first-order chi connectivity index (χ1) is 7.87. The molecule has 0 atom stereocenters. The number of hydrogen-bond acceptors (Lipinski definition) is 3. The van der Waals surface area contributed by atoms with Gasteiger partial charge >= 0.3 is 6.18 Å². The van der Waals surface area contributed by atoms with Crippen LogP contribution in [-0.4, -0.2) is 18.7 Å². The van der Waals surface area contributed by atoms with E-state index in [1.807, 2.05) is 0 Å². The number of furan rings is 1. The summed E-state index contributed by atoms with van der Waals surface area (Å²) in [6.45, 7) is -1.54. The predicted octanol–water partition coefficient (Wildman–Crippen LogP) is 2.67.